The average Bonchev–Trinajstić information content (AvgIpc) is 3.27. The Morgan fingerprint density at radius 1 is 0.960 bits per heavy atom. The second kappa shape index (κ2) is 6.48. The Morgan fingerprint density at radius 2 is 1.56 bits per heavy atom. The molecule has 0 amide bonds. The molecule has 2 saturated carbocycles. The molecule has 2 aliphatic carbocycles. The first-order valence-electron chi connectivity index (χ1n) is 10.9. The van der Waals surface area contributed by atoms with Crippen molar-refractivity contribution in [3.05, 3.63) is 0 Å². The number of nitrogens with zero attached hydrogens (tertiary/aromatic N) is 2. The summed E-state index contributed by atoms with van der Waals surface area (Å²) in [5, 5.41) is 0. The minimum Gasteiger partial charge on any atom is -0.306 e. The molecule has 0 N–H and O–H groups in total. The highest BCUT2D eigenvalue weighted by atomic mass is 19.1. The molecule has 0 atom stereocenters. The van der Waals surface area contributed by atoms with E-state index in [0.717, 1.165) is 44.7 Å². The Bertz CT molecular complexity index is 460. The smallest absolute Gasteiger partial charge is 0.115 e. The van der Waals surface area contributed by atoms with E-state index >= 15 is 4.39 Å². The van der Waals surface area contributed by atoms with Crippen LogP contribution in [0.2, 0.25) is 0 Å². The zero-order valence-electron chi connectivity index (χ0n) is 16.8. The minimum absolute atomic E-state index is 0.341. The van der Waals surface area contributed by atoms with Gasteiger partial charge in [-0.05, 0) is 114 Å². The molecule has 4 fully saturated rings. The summed E-state index contributed by atoms with van der Waals surface area (Å²) in [6.45, 7) is 10.7. The molecule has 1 spiro atoms. The summed E-state index contributed by atoms with van der Waals surface area (Å²) in [7, 11) is 2.17. The normalized spacial score (nSPS) is 32.0. The molecule has 2 nitrogen and oxygen atoms in total. The van der Waals surface area contributed by atoms with Gasteiger partial charge in [0.15, 0.2) is 0 Å². The van der Waals surface area contributed by atoms with Gasteiger partial charge in [0, 0.05) is 6.54 Å². The fourth-order valence-corrected chi connectivity index (χ4v) is 6.49. The van der Waals surface area contributed by atoms with Gasteiger partial charge in [-0.15, -0.1) is 0 Å². The summed E-state index contributed by atoms with van der Waals surface area (Å²) < 4.78 is 15.4. The molecule has 0 aromatic heterocycles. The van der Waals surface area contributed by atoms with E-state index < -0.39 is 5.67 Å². The Balaban J connectivity index is 1.25. The summed E-state index contributed by atoms with van der Waals surface area (Å²) in [6.07, 6.45) is 10.7. The van der Waals surface area contributed by atoms with Gasteiger partial charge in [-0.25, -0.2) is 4.39 Å². The Morgan fingerprint density at radius 3 is 2.08 bits per heavy atom. The summed E-state index contributed by atoms with van der Waals surface area (Å²) >= 11 is 0. The van der Waals surface area contributed by atoms with Crippen molar-refractivity contribution >= 4 is 0 Å². The molecule has 25 heavy (non-hydrogen) atoms. The second-order valence-electron chi connectivity index (χ2n) is 10.8. The highest BCUT2D eigenvalue weighted by Gasteiger charge is 2.59. The lowest BCUT2D eigenvalue weighted by atomic mass is 9.51. The van der Waals surface area contributed by atoms with Crippen molar-refractivity contribution in [2.45, 2.75) is 77.3 Å². The number of alkyl halides is 1. The topological polar surface area (TPSA) is 6.48 Å². The molecule has 0 unspecified atom stereocenters. The van der Waals surface area contributed by atoms with Crippen LogP contribution in [0.3, 0.4) is 0 Å². The maximum absolute atomic E-state index is 15.4. The molecule has 0 radical (unpaired) electrons. The molecule has 4 aliphatic rings. The van der Waals surface area contributed by atoms with E-state index in [2.05, 4.69) is 30.7 Å². The zero-order chi connectivity index (χ0) is 17.7. The average molecular weight is 351 g/mol. The van der Waals surface area contributed by atoms with Crippen LogP contribution in [0.25, 0.3) is 0 Å². The van der Waals surface area contributed by atoms with Crippen molar-refractivity contribution in [2.24, 2.45) is 22.7 Å². The Labute approximate surface area is 154 Å². The van der Waals surface area contributed by atoms with Gasteiger partial charge in [0.1, 0.15) is 5.67 Å². The molecular weight excluding hydrogens is 311 g/mol. The maximum atomic E-state index is 15.4. The molecule has 0 bridgehead atoms. The third-order valence-corrected chi connectivity index (χ3v) is 8.06. The molecule has 2 heterocycles. The molecule has 3 heteroatoms. The van der Waals surface area contributed by atoms with Crippen LogP contribution in [0.15, 0.2) is 0 Å². The predicted molar refractivity (Wildman–Crippen MR) is 103 cm³/mol. The van der Waals surface area contributed by atoms with Crippen molar-refractivity contribution in [3.8, 4) is 0 Å². The summed E-state index contributed by atoms with van der Waals surface area (Å²) in [5.74, 6) is 1.17. The Kier molecular flexibility index (Phi) is 4.72. The van der Waals surface area contributed by atoms with Gasteiger partial charge >= 0.3 is 0 Å². The lowest BCUT2D eigenvalue weighted by Crippen LogP contribution is -2.58. The highest BCUT2D eigenvalue weighted by molar-refractivity contribution is 5.10. The van der Waals surface area contributed by atoms with Crippen molar-refractivity contribution in [1.82, 2.24) is 9.80 Å². The number of hydrogen-bond acceptors (Lipinski definition) is 2. The van der Waals surface area contributed by atoms with Gasteiger partial charge < -0.3 is 9.80 Å². The van der Waals surface area contributed by atoms with Gasteiger partial charge in [-0.1, -0.05) is 13.8 Å². The van der Waals surface area contributed by atoms with Crippen LogP contribution in [0, 0.1) is 22.7 Å². The first-order chi connectivity index (χ1) is 11.8. The highest BCUT2D eigenvalue weighted by Crippen LogP contribution is 2.61. The van der Waals surface area contributed by atoms with Gasteiger partial charge in [0.2, 0.25) is 0 Å². The van der Waals surface area contributed by atoms with E-state index in [1.807, 2.05) is 0 Å². The van der Waals surface area contributed by atoms with Crippen LogP contribution in [0.4, 0.5) is 4.39 Å². The fraction of sp³-hybridized carbons (Fsp3) is 1.00. The molecule has 144 valence electrons. The van der Waals surface area contributed by atoms with Gasteiger partial charge in [-0.3, -0.25) is 0 Å². The van der Waals surface area contributed by atoms with Crippen LogP contribution in [-0.2, 0) is 0 Å². The summed E-state index contributed by atoms with van der Waals surface area (Å²) in [5.41, 5.74) is 0.193. The monoisotopic (exact) mass is 350 g/mol. The quantitative estimate of drug-likeness (QED) is 0.707. The van der Waals surface area contributed by atoms with Gasteiger partial charge in [-0.2, -0.15) is 0 Å². The van der Waals surface area contributed by atoms with E-state index in [4.69, 9.17) is 0 Å². The van der Waals surface area contributed by atoms with Gasteiger partial charge in [0.25, 0.3) is 0 Å². The van der Waals surface area contributed by atoms with E-state index in [1.54, 1.807) is 0 Å². The second-order valence-corrected chi connectivity index (χ2v) is 10.8. The zero-order valence-corrected chi connectivity index (χ0v) is 16.8. The Hall–Kier alpha value is -0.150. The SMILES string of the molecule is CC(C)CC1(CN2CCC3(CC2)CC(F)(C2CCN(C)CC2)C3)CC1. The first kappa shape index (κ1) is 18.2. The summed E-state index contributed by atoms with van der Waals surface area (Å²) in [4.78, 5) is 5.08. The molecule has 2 aliphatic heterocycles. The van der Waals surface area contributed by atoms with E-state index in [9.17, 15) is 0 Å². The van der Waals surface area contributed by atoms with Crippen molar-refractivity contribution < 1.29 is 4.39 Å². The number of likely N-dealkylation sites (tertiary alicyclic amines) is 2. The van der Waals surface area contributed by atoms with Crippen LogP contribution >= 0.6 is 0 Å². The first-order valence-corrected chi connectivity index (χ1v) is 10.9. The van der Waals surface area contributed by atoms with E-state index in [0.29, 0.717) is 16.7 Å². The number of piperidine rings is 2. The molecule has 0 aromatic carbocycles. The van der Waals surface area contributed by atoms with E-state index in [-0.39, 0.29) is 0 Å². The molecule has 2 saturated heterocycles. The van der Waals surface area contributed by atoms with Crippen molar-refractivity contribution in [1.29, 1.82) is 0 Å². The third-order valence-electron chi connectivity index (χ3n) is 8.06. The van der Waals surface area contributed by atoms with Crippen LogP contribution in [0.1, 0.15) is 71.6 Å². The third kappa shape index (κ3) is 3.78. The molecule has 4 rings (SSSR count). The maximum Gasteiger partial charge on any atom is 0.115 e. The number of hydrogen-bond donors (Lipinski definition) is 0. The van der Waals surface area contributed by atoms with Crippen LogP contribution in [0.5, 0.6) is 0 Å². The lowest BCUT2D eigenvalue weighted by Gasteiger charge is -2.59. The molecule has 0 aromatic rings. The van der Waals surface area contributed by atoms with Crippen LogP contribution in [-0.4, -0.2) is 55.2 Å². The minimum atomic E-state index is -0.821. The standard InChI is InChI=1S/C22H39FN2/c1-18(2)14-20(6-7-20)17-25-12-8-21(9-13-25)15-22(23,16-21)19-4-10-24(3)11-5-19/h18-19H,4-17H2,1-3H3. The number of halogens is 1. The lowest BCUT2D eigenvalue weighted by molar-refractivity contribution is -0.140. The predicted octanol–water partition coefficient (Wildman–Crippen LogP) is 4.74. The van der Waals surface area contributed by atoms with E-state index in [1.165, 1.54) is 51.7 Å². The molecular formula is C22H39FN2. The van der Waals surface area contributed by atoms with Crippen LogP contribution < -0.4 is 0 Å². The summed E-state index contributed by atoms with van der Waals surface area (Å²) in [6, 6.07) is 0. The van der Waals surface area contributed by atoms with Crippen molar-refractivity contribution in [3.63, 3.8) is 0 Å². The van der Waals surface area contributed by atoms with Crippen molar-refractivity contribution in [2.75, 3.05) is 39.8 Å². The number of rotatable bonds is 5. The van der Waals surface area contributed by atoms with Gasteiger partial charge in [0.05, 0.1) is 0 Å². The fourth-order valence-electron chi connectivity index (χ4n) is 6.49. The largest absolute Gasteiger partial charge is 0.306 e.